The summed E-state index contributed by atoms with van der Waals surface area (Å²) >= 11 is 0. The first-order chi connectivity index (χ1) is 6.64. The van der Waals surface area contributed by atoms with Crippen LogP contribution in [0.2, 0.25) is 0 Å². The summed E-state index contributed by atoms with van der Waals surface area (Å²) in [5, 5.41) is 0. The summed E-state index contributed by atoms with van der Waals surface area (Å²) < 4.78 is 0. The zero-order chi connectivity index (χ0) is 10.4. The molecule has 0 spiro atoms. The maximum atomic E-state index is 10.1. The minimum Gasteiger partial charge on any atom is -0.303 e. The maximum Gasteiger partial charge on any atom is 0.120 e. The molecule has 1 aliphatic carbocycles. The van der Waals surface area contributed by atoms with Crippen molar-refractivity contribution in [2.45, 2.75) is 46.0 Å². The molecule has 0 saturated carbocycles. The van der Waals surface area contributed by atoms with Crippen LogP contribution in [0.15, 0.2) is 23.8 Å². The van der Waals surface area contributed by atoms with Crippen LogP contribution in [-0.4, -0.2) is 6.29 Å². The van der Waals surface area contributed by atoms with E-state index in [2.05, 4.69) is 32.1 Å². The smallest absolute Gasteiger partial charge is 0.120 e. The fourth-order valence-corrected chi connectivity index (χ4v) is 1.89. The lowest BCUT2D eigenvalue weighted by Gasteiger charge is -2.28. The van der Waals surface area contributed by atoms with Gasteiger partial charge in [0.05, 0.1) is 0 Å². The first-order valence-corrected chi connectivity index (χ1v) is 5.43. The van der Waals surface area contributed by atoms with Crippen molar-refractivity contribution in [3.63, 3.8) is 0 Å². The van der Waals surface area contributed by atoms with Gasteiger partial charge >= 0.3 is 0 Å². The molecule has 0 radical (unpaired) electrons. The number of hydrogen-bond donors (Lipinski definition) is 0. The molecule has 78 valence electrons. The molecule has 0 bridgehead atoms. The molecule has 0 unspecified atom stereocenters. The summed E-state index contributed by atoms with van der Waals surface area (Å²) in [5.74, 6) is 0. The molecule has 0 atom stereocenters. The zero-order valence-electron chi connectivity index (χ0n) is 9.25. The molecule has 0 saturated heterocycles. The Bertz CT molecular complexity index is 246. The second-order valence-corrected chi connectivity index (χ2v) is 4.81. The van der Waals surface area contributed by atoms with Crippen molar-refractivity contribution in [2.75, 3.05) is 0 Å². The summed E-state index contributed by atoms with van der Waals surface area (Å²) in [6.07, 6.45) is 12.8. The van der Waals surface area contributed by atoms with Crippen LogP contribution < -0.4 is 0 Å². The second-order valence-electron chi connectivity index (χ2n) is 4.81. The van der Waals surface area contributed by atoms with Gasteiger partial charge in [0.25, 0.3) is 0 Å². The monoisotopic (exact) mass is 192 g/mol. The Kier molecular flexibility index (Phi) is 4.12. The Morgan fingerprint density at radius 3 is 2.86 bits per heavy atom. The number of carbonyl (C=O) groups excluding carboxylic acids is 1. The highest BCUT2D eigenvalue weighted by molar-refractivity contribution is 5.49. The topological polar surface area (TPSA) is 17.1 Å². The molecule has 0 amide bonds. The summed E-state index contributed by atoms with van der Waals surface area (Å²) in [4.78, 5) is 10.1. The predicted octanol–water partition coefficient (Wildman–Crippen LogP) is 3.66. The minimum atomic E-state index is 0.457. The Labute approximate surface area is 86.9 Å². The van der Waals surface area contributed by atoms with Crippen LogP contribution in [0.4, 0.5) is 0 Å². The van der Waals surface area contributed by atoms with Crippen molar-refractivity contribution in [3.05, 3.63) is 23.8 Å². The molecule has 0 aromatic heterocycles. The van der Waals surface area contributed by atoms with E-state index in [1.165, 1.54) is 24.8 Å². The van der Waals surface area contributed by atoms with Crippen LogP contribution >= 0.6 is 0 Å². The Balaban J connectivity index is 2.41. The van der Waals surface area contributed by atoms with E-state index in [-0.39, 0.29) is 0 Å². The molecule has 0 aromatic rings. The lowest BCUT2D eigenvalue weighted by Crippen LogP contribution is -2.14. The highest BCUT2D eigenvalue weighted by Crippen LogP contribution is 2.35. The van der Waals surface area contributed by atoms with E-state index >= 15 is 0 Å². The maximum absolute atomic E-state index is 10.1. The molecule has 1 nitrogen and oxygen atoms in total. The summed E-state index contributed by atoms with van der Waals surface area (Å²) in [5.41, 5.74) is 1.89. The normalized spacial score (nSPS) is 20.9. The zero-order valence-corrected chi connectivity index (χ0v) is 9.25. The lowest BCUT2D eigenvalue weighted by atomic mass is 9.77. The van der Waals surface area contributed by atoms with Crippen molar-refractivity contribution in [3.8, 4) is 0 Å². The molecule has 1 rings (SSSR count). The quantitative estimate of drug-likeness (QED) is 0.491. The number of rotatable bonds is 4. The van der Waals surface area contributed by atoms with Gasteiger partial charge in [-0.1, -0.05) is 37.6 Å². The van der Waals surface area contributed by atoms with Crippen molar-refractivity contribution in [1.82, 2.24) is 0 Å². The van der Waals surface area contributed by atoms with Crippen LogP contribution in [0.3, 0.4) is 0 Å². The van der Waals surface area contributed by atoms with E-state index in [1.54, 1.807) is 0 Å². The summed E-state index contributed by atoms with van der Waals surface area (Å²) in [6, 6.07) is 0. The number of carbonyl (C=O) groups is 1. The van der Waals surface area contributed by atoms with Gasteiger partial charge in [-0.2, -0.15) is 0 Å². The van der Waals surface area contributed by atoms with Crippen molar-refractivity contribution in [2.24, 2.45) is 5.41 Å². The van der Waals surface area contributed by atoms with Gasteiger partial charge in [0.2, 0.25) is 0 Å². The SMILES string of the molecule is CC1(C)CCC=C(C=CCCC=O)C1. The highest BCUT2D eigenvalue weighted by Gasteiger charge is 2.21. The number of hydrogen-bond acceptors (Lipinski definition) is 1. The number of unbranched alkanes of at least 4 members (excludes halogenated alkanes) is 1. The molecule has 1 aliphatic rings. The molecular formula is C13H20O. The van der Waals surface area contributed by atoms with Crippen LogP contribution in [0.25, 0.3) is 0 Å². The lowest BCUT2D eigenvalue weighted by molar-refractivity contribution is -0.107. The number of aldehydes is 1. The van der Waals surface area contributed by atoms with Crippen molar-refractivity contribution < 1.29 is 4.79 Å². The molecule has 14 heavy (non-hydrogen) atoms. The standard InChI is InChI=1S/C13H20O/c1-13(2)9-6-8-12(11-13)7-4-3-5-10-14/h4,7-8,10H,3,5-6,9,11H2,1-2H3. The molecule has 0 aromatic carbocycles. The van der Waals surface area contributed by atoms with Crippen LogP contribution in [0, 0.1) is 5.41 Å². The van der Waals surface area contributed by atoms with Crippen molar-refractivity contribution in [1.29, 1.82) is 0 Å². The molecule has 0 fully saturated rings. The molecule has 0 heterocycles. The van der Waals surface area contributed by atoms with E-state index < -0.39 is 0 Å². The largest absolute Gasteiger partial charge is 0.303 e. The van der Waals surface area contributed by atoms with E-state index in [0.717, 1.165) is 12.7 Å². The summed E-state index contributed by atoms with van der Waals surface area (Å²) in [6.45, 7) is 4.64. The molecule has 0 N–H and O–H groups in total. The van der Waals surface area contributed by atoms with Gasteiger partial charge in [0.1, 0.15) is 6.29 Å². The molecule has 0 aliphatic heterocycles. The Morgan fingerprint density at radius 2 is 2.21 bits per heavy atom. The van der Waals surface area contributed by atoms with Crippen LogP contribution in [0.1, 0.15) is 46.0 Å². The van der Waals surface area contributed by atoms with E-state index in [4.69, 9.17) is 0 Å². The van der Waals surface area contributed by atoms with Gasteiger partial charge in [-0.3, -0.25) is 0 Å². The summed E-state index contributed by atoms with van der Waals surface area (Å²) in [7, 11) is 0. The second kappa shape index (κ2) is 5.14. The molecular weight excluding hydrogens is 172 g/mol. The third-order valence-electron chi connectivity index (χ3n) is 2.69. The van der Waals surface area contributed by atoms with Gasteiger partial charge in [0, 0.05) is 6.42 Å². The van der Waals surface area contributed by atoms with E-state index in [9.17, 15) is 4.79 Å². The average molecular weight is 192 g/mol. The van der Waals surface area contributed by atoms with Crippen molar-refractivity contribution >= 4 is 6.29 Å². The first kappa shape index (κ1) is 11.2. The Morgan fingerprint density at radius 1 is 1.43 bits per heavy atom. The third kappa shape index (κ3) is 3.91. The fraction of sp³-hybridized carbons (Fsp3) is 0.615. The fourth-order valence-electron chi connectivity index (χ4n) is 1.89. The van der Waals surface area contributed by atoms with E-state index in [0.29, 0.717) is 11.8 Å². The van der Waals surface area contributed by atoms with E-state index in [1.807, 2.05) is 0 Å². The Hall–Kier alpha value is -0.850. The number of allylic oxidation sites excluding steroid dienone is 4. The third-order valence-corrected chi connectivity index (χ3v) is 2.69. The van der Waals surface area contributed by atoms with Gasteiger partial charge < -0.3 is 4.79 Å². The molecule has 1 heteroatoms. The first-order valence-electron chi connectivity index (χ1n) is 5.43. The highest BCUT2D eigenvalue weighted by atomic mass is 16.1. The van der Waals surface area contributed by atoms with Gasteiger partial charge in [0.15, 0.2) is 0 Å². The minimum absolute atomic E-state index is 0.457. The average Bonchev–Trinajstić information content (AvgIpc) is 2.11. The van der Waals surface area contributed by atoms with Crippen LogP contribution in [-0.2, 0) is 4.79 Å². The van der Waals surface area contributed by atoms with Gasteiger partial charge in [-0.05, 0) is 31.1 Å². The predicted molar refractivity (Wildman–Crippen MR) is 60.2 cm³/mol. The van der Waals surface area contributed by atoms with Crippen LogP contribution in [0.5, 0.6) is 0 Å². The van der Waals surface area contributed by atoms with Gasteiger partial charge in [-0.15, -0.1) is 0 Å². The van der Waals surface area contributed by atoms with Gasteiger partial charge in [-0.25, -0.2) is 0 Å².